The molecular formula is C18H27N3O2. The zero-order chi connectivity index (χ0) is 16.8. The third-order valence-corrected chi connectivity index (χ3v) is 4.23. The molecule has 1 saturated heterocycles. The van der Waals surface area contributed by atoms with Crippen LogP contribution in [0.1, 0.15) is 36.4 Å². The van der Waals surface area contributed by atoms with E-state index < -0.39 is 0 Å². The summed E-state index contributed by atoms with van der Waals surface area (Å²) < 4.78 is 0. The van der Waals surface area contributed by atoms with Gasteiger partial charge >= 0.3 is 0 Å². The summed E-state index contributed by atoms with van der Waals surface area (Å²) in [6.07, 6.45) is 2.43. The molecule has 0 spiro atoms. The van der Waals surface area contributed by atoms with Crippen LogP contribution in [0.4, 0.5) is 0 Å². The van der Waals surface area contributed by atoms with Crippen LogP contribution in [-0.4, -0.2) is 55.3 Å². The second kappa shape index (κ2) is 8.11. The first kappa shape index (κ1) is 17.5. The summed E-state index contributed by atoms with van der Waals surface area (Å²) in [5.41, 5.74) is 2.18. The molecule has 0 radical (unpaired) electrons. The number of carbonyl (C=O) groups excluding carboxylic acids is 2. The van der Waals surface area contributed by atoms with Crippen molar-refractivity contribution in [2.45, 2.75) is 32.2 Å². The van der Waals surface area contributed by atoms with Crippen LogP contribution in [0.2, 0.25) is 0 Å². The number of rotatable bonds is 7. The normalized spacial score (nSPS) is 16.0. The van der Waals surface area contributed by atoms with Gasteiger partial charge in [0.1, 0.15) is 6.04 Å². The molecule has 1 fully saturated rings. The fraction of sp³-hybridized carbons (Fsp3) is 0.556. The number of likely N-dealkylation sites (tertiary alicyclic amines) is 1. The number of amides is 2. The predicted octanol–water partition coefficient (Wildman–Crippen LogP) is 1.73. The van der Waals surface area contributed by atoms with E-state index in [9.17, 15) is 9.59 Å². The Hall–Kier alpha value is -1.88. The van der Waals surface area contributed by atoms with Crippen LogP contribution >= 0.6 is 0 Å². The SMILES string of the molecule is Cc1ccc([C@H](C(=O)NCCCN2CCCC2=O)N(C)C)cc1. The summed E-state index contributed by atoms with van der Waals surface area (Å²) in [5.74, 6) is 0.244. The molecule has 0 unspecified atom stereocenters. The van der Waals surface area contributed by atoms with E-state index in [4.69, 9.17) is 0 Å². The maximum absolute atomic E-state index is 12.5. The number of nitrogens with zero attached hydrogens (tertiary/aromatic N) is 2. The predicted molar refractivity (Wildman–Crippen MR) is 91.0 cm³/mol. The standard InChI is InChI=1S/C18H27N3O2/c1-14-7-9-15(10-8-14)17(20(2)3)18(23)19-11-5-13-21-12-4-6-16(21)22/h7-10,17H,4-6,11-13H2,1-3H3,(H,19,23)/t17-/m1/s1. The Bertz CT molecular complexity index is 540. The summed E-state index contributed by atoms with van der Waals surface area (Å²) in [5, 5.41) is 3.00. The third-order valence-electron chi connectivity index (χ3n) is 4.23. The van der Waals surface area contributed by atoms with Gasteiger partial charge in [0, 0.05) is 26.1 Å². The van der Waals surface area contributed by atoms with Crippen molar-refractivity contribution in [2.75, 3.05) is 33.7 Å². The molecule has 23 heavy (non-hydrogen) atoms. The van der Waals surface area contributed by atoms with Crippen molar-refractivity contribution < 1.29 is 9.59 Å². The molecule has 2 amide bonds. The molecule has 1 aromatic carbocycles. The molecule has 5 nitrogen and oxygen atoms in total. The first-order chi connectivity index (χ1) is 11.0. The van der Waals surface area contributed by atoms with Crippen LogP contribution in [0.3, 0.4) is 0 Å². The summed E-state index contributed by atoms with van der Waals surface area (Å²) in [7, 11) is 3.82. The topological polar surface area (TPSA) is 52.7 Å². The third kappa shape index (κ3) is 4.79. The maximum Gasteiger partial charge on any atom is 0.241 e. The van der Waals surface area contributed by atoms with E-state index in [1.54, 1.807) is 0 Å². The smallest absolute Gasteiger partial charge is 0.241 e. The molecule has 0 aromatic heterocycles. The van der Waals surface area contributed by atoms with Gasteiger partial charge in [-0.25, -0.2) is 0 Å². The van der Waals surface area contributed by atoms with Crippen molar-refractivity contribution >= 4 is 11.8 Å². The number of carbonyl (C=O) groups is 2. The molecule has 1 atom stereocenters. The van der Waals surface area contributed by atoms with Crippen molar-refractivity contribution in [3.8, 4) is 0 Å². The Balaban J connectivity index is 1.84. The highest BCUT2D eigenvalue weighted by Gasteiger charge is 2.23. The second-order valence-corrected chi connectivity index (χ2v) is 6.41. The van der Waals surface area contributed by atoms with Gasteiger partial charge in [0.25, 0.3) is 0 Å². The molecular weight excluding hydrogens is 290 g/mol. The van der Waals surface area contributed by atoms with E-state index in [0.717, 1.165) is 31.5 Å². The van der Waals surface area contributed by atoms with Gasteiger partial charge in [-0.15, -0.1) is 0 Å². The van der Waals surface area contributed by atoms with Crippen LogP contribution in [0.5, 0.6) is 0 Å². The fourth-order valence-corrected chi connectivity index (χ4v) is 2.95. The highest BCUT2D eigenvalue weighted by Crippen LogP contribution is 2.19. The Morgan fingerprint density at radius 1 is 1.30 bits per heavy atom. The van der Waals surface area contributed by atoms with Crippen LogP contribution < -0.4 is 5.32 Å². The van der Waals surface area contributed by atoms with Gasteiger partial charge in [-0.2, -0.15) is 0 Å². The minimum Gasteiger partial charge on any atom is -0.354 e. The number of likely N-dealkylation sites (N-methyl/N-ethyl adjacent to an activating group) is 1. The van der Waals surface area contributed by atoms with Gasteiger partial charge in [0.2, 0.25) is 11.8 Å². The highest BCUT2D eigenvalue weighted by molar-refractivity contribution is 5.83. The number of hydrogen-bond donors (Lipinski definition) is 1. The van der Waals surface area contributed by atoms with Crippen molar-refractivity contribution in [1.29, 1.82) is 0 Å². The quantitative estimate of drug-likeness (QED) is 0.779. The summed E-state index contributed by atoms with van der Waals surface area (Å²) in [6.45, 7) is 4.22. The molecule has 126 valence electrons. The monoisotopic (exact) mass is 317 g/mol. The van der Waals surface area contributed by atoms with Crippen molar-refractivity contribution in [2.24, 2.45) is 0 Å². The number of benzene rings is 1. The van der Waals surface area contributed by atoms with Gasteiger partial charge in [0.15, 0.2) is 0 Å². The highest BCUT2D eigenvalue weighted by atomic mass is 16.2. The average Bonchev–Trinajstić information content (AvgIpc) is 2.91. The van der Waals surface area contributed by atoms with Crippen LogP contribution in [0.15, 0.2) is 24.3 Å². The first-order valence-corrected chi connectivity index (χ1v) is 8.27. The maximum atomic E-state index is 12.5. The minimum absolute atomic E-state index is 0.00611. The van der Waals surface area contributed by atoms with Crippen molar-refractivity contribution in [1.82, 2.24) is 15.1 Å². The van der Waals surface area contributed by atoms with Crippen LogP contribution in [0.25, 0.3) is 0 Å². The molecule has 0 bridgehead atoms. The summed E-state index contributed by atoms with van der Waals surface area (Å²) in [4.78, 5) is 27.8. The lowest BCUT2D eigenvalue weighted by atomic mass is 10.0. The minimum atomic E-state index is -0.288. The Kier molecular flexibility index (Phi) is 6.16. The lowest BCUT2D eigenvalue weighted by Crippen LogP contribution is -2.38. The number of aryl methyl sites for hydroxylation is 1. The first-order valence-electron chi connectivity index (χ1n) is 8.27. The van der Waals surface area contributed by atoms with Crippen LogP contribution in [0, 0.1) is 6.92 Å². The molecule has 1 aliphatic heterocycles. The Morgan fingerprint density at radius 2 is 2.00 bits per heavy atom. The lowest BCUT2D eigenvalue weighted by molar-refractivity contribution is -0.127. The molecule has 2 rings (SSSR count). The van der Waals surface area contributed by atoms with E-state index in [0.29, 0.717) is 13.0 Å². The number of hydrogen-bond acceptors (Lipinski definition) is 3. The zero-order valence-corrected chi connectivity index (χ0v) is 14.3. The molecule has 0 aliphatic carbocycles. The van der Waals surface area contributed by atoms with Gasteiger partial charge in [0.05, 0.1) is 0 Å². The summed E-state index contributed by atoms with van der Waals surface area (Å²) >= 11 is 0. The van der Waals surface area contributed by atoms with Crippen molar-refractivity contribution in [3.63, 3.8) is 0 Å². The lowest BCUT2D eigenvalue weighted by Gasteiger charge is -2.24. The van der Waals surface area contributed by atoms with E-state index in [1.807, 2.05) is 55.1 Å². The van der Waals surface area contributed by atoms with Crippen LogP contribution in [-0.2, 0) is 9.59 Å². The van der Waals surface area contributed by atoms with Gasteiger partial charge in [-0.3, -0.25) is 14.5 Å². The Morgan fingerprint density at radius 3 is 2.57 bits per heavy atom. The molecule has 1 N–H and O–H groups in total. The van der Waals surface area contributed by atoms with Crippen molar-refractivity contribution in [3.05, 3.63) is 35.4 Å². The number of nitrogens with one attached hydrogen (secondary N) is 1. The average molecular weight is 317 g/mol. The largest absolute Gasteiger partial charge is 0.354 e. The molecule has 1 heterocycles. The molecule has 1 aromatic rings. The van der Waals surface area contributed by atoms with E-state index in [-0.39, 0.29) is 17.9 Å². The molecule has 0 saturated carbocycles. The molecule has 5 heteroatoms. The van der Waals surface area contributed by atoms with Gasteiger partial charge in [-0.05, 0) is 39.4 Å². The van der Waals surface area contributed by atoms with E-state index in [2.05, 4.69) is 5.32 Å². The van der Waals surface area contributed by atoms with E-state index in [1.165, 1.54) is 5.56 Å². The fourth-order valence-electron chi connectivity index (χ4n) is 2.95. The molecule has 1 aliphatic rings. The summed E-state index contributed by atoms with van der Waals surface area (Å²) in [6, 6.07) is 7.77. The second-order valence-electron chi connectivity index (χ2n) is 6.41. The van der Waals surface area contributed by atoms with E-state index >= 15 is 0 Å². The Labute approximate surface area is 138 Å². The van der Waals surface area contributed by atoms with Gasteiger partial charge < -0.3 is 10.2 Å². The zero-order valence-electron chi connectivity index (χ0n) is 14.3. The van der Waals surface area contributed by atoms with Gasteiger partial charge in [-0.1, -0.05) is 29.8 Å².